The standard InChI is InChI=1S/C16H19FINS/c1-3-6-19-15(13-9-16(18)20-10-13)8-12-7-14(17)5-4-11(12)2/h4-5,7,9-10,15,19H,3,6,8H2,1-2H3. The predicted octanol–water partition coefficient (Wildman–Crippen LogP) is 5.08. The van der Waals surface area contributed by atoms with Crippen molar-refractivity contribution >= 4 is 33.9 Å². The molecule has 4 heteroatoms. The molecule has 0 spiro atoms. The molecule has 2 rings (SSSR count). The average molecular weight is 403 g/mol. The van der Waals surface area contributed by atoms with Gasteiger partial charge < -0.3 is 5.32 Å². The quantitative estimate of drug-likeness (QED) is 0.663. The van der Waals surface area contributed by atoms with Crippen LogP contribution >= 0.6 is 33.9 Å². The van der Waals surface area contributed by atoms with Crippen LogP contribution in [-0.4, -0.2) is 6.54 Å². The first-order chi connectivity index (χ1) is 9.60. The van der Waals surface area contributed by atoms with Crippen LogP contribution in [-0.2, 0) is 6.42 Å². The van der Waals surface area contributed by atoms with Crippen molar-refractivity contribution in [1.82, 2.24) is 5.32 Å². The first kappa shape index (κ1) is 15.9. The lowest BCUT2D eigenvalue weighted by molar-refractivity contribution is 0.527. The Morgan fingerprint density at radius 2 is 2.15 bits per heavy atom. The molecule has 1 aromatic heterocycles. The minimum Gasteiger partial charge on any atom is -0.310 e. The maximum atomic E-state index is 13.4. The summed E-state index contributed by atoms with van der Waals surface area (Å²) in [5.74, 6) is -0.153. The lowest BCUT2D eigenvalue weighted by Gasteiger charge is -2.19. The van der Waals surface area contributed by atoms with Crippen LogP contribution in [0.3, 0.4) is 0 Å². The molecule has 1 atom stereocenters. The summed E-state index contributed by atoms with van der Waals surface area (Å²) >= 11 is 4.10. The largest absolute Gasteiger partial charge is 0.310 e. The molecule has 0 fully saturated rings. The van der Waals surface area contributed by atoms with Crippen LogP contribution in [0, 0.1) is 15.6 Å². The average Bonchev–Trinajstić information content (AvgIpc) is 2.85. The van der Waals surface area contributed by atoms with Crippen molar-refractivity contribution in [2.24, 2.45) is 0 Å². The Morgan fingerprint density at radius 1 is 1.35 bits per heavy atom. The van der Waals surface area contributed by atoms with Gasteiger partial charge in [-0.1, -0.05) is 13.0 Å². The van der Waals surface area contributed by atoms with E-state index in [2.05, 4.69) is 46.3 Å². The molecule has 1 unspecified atom stereocenters. The van der Waals surface area contributed by atoms with Gasteiger partial charge in [-0.25, -0.2) is 4.39 Å². The van der Waals surface area contributed by atoms with Crippen LogP contribution < -0.4 is 5.32 Å². The number of hydrogen-bond acceptors (Lipinski definition) is 2. The van der Waals surface area contributed by atoms with Gasteiger partial charge in [-0.2, -0.15) is 0 Å². The second kappa shape index (κ2) is 7.52. The molecule has 0 aliphatic rings. The minimum absolute atomic E-state index is 0.153. The SMILES string of the molecule is CCCNC(Cc1cc(F)ccc1C)c1csc(I)c1. The van der Waals surface area contributed by atoms with E-state index in [9.17, 15) is 4.39 Å². The number of hydrogen-bond donors (Lipinski definition) is 1. The smallest absolute Gasteiger partial charge is 0.123 e. The highest BCUT2D eigenvalue weighted by Gasteiger charge is 2.14. The molecule has 0 amide bonds. The minimum atomic E-state index is -0.153. The first-order valence-electron chi connectivity index (χ1n) is 6.82. The summed E-state index contributed by atoms with van der Waals surface area (Å²) < 4.78 is 14.7. The van der Waals surface area contributed by atoms with E-state index in [1.165, 1.54) is 14.5 Å². The normalized spacial score (nSPS) is 12.6. The van der Waals surface area contributed by atoms with Crippen molar-refractivity contribution in [2.45, 2.75) is 32.7 Å². The molecular formula is C16H19FINS. The first-order valence-corrected chi connectivity index (χ1v) is 8.78. The zero-order valence-corrected chi connectivity index (χ0v) is 14.7. The highest BCUT2D eigenvalue weighted by atomic mass is 127. The van der Waals surface area contributed by atoms with E-state index >= 15 is 0 Å². The van der Waals surface area contributed by atoms with Crippen molar-refractivity contribution in [3.63, 3.8) is 0 Å². The Morgan fingerprint density at radius 3 is 2.80 bits per heavy atom. The molecular weight excluding hydrogens is 384 g/mol. The van der Waals surface area contributed by atoms with Gasteiger partial charge in [-0.3, -0.25) is 0 Å². The van der Waals surface area contributed by atoms with Crippen molar-refractivity contribution < 1.29 is 4.39 Å². The summed E-state index contributed by atoms with van der Waals surface area (Å²) in [6.45, 7) is 5.18. The maximum absolute atomic E-state index is 13.4. The molecule has 0 aliphatic carbocycles. The lowest BCUT2D eigenvalue weighted by Crippen LogP contribution is -2.24. The molecule has 2 aromatic rings. The molecule has 1 nitrogen and oxygen atoms in total. The summed E-state index contributed by atoms with van der Waals surface area (Å²) in [7, 11) is 0. The van der Waals surface area contributed by atoms with Crippen LogP contribution in [0.25, 0.3) is 0 Å². The lowest BCUT2D eigenvalue weighted by atomic mass is 9.97. The van der Waals surface area contributed by atoms with E-state index in [-0.39, 0.29) is 11.9 Å². The molecule has 108 valence electrons. The molecule has 1 heterocycles. The van der Waals surface area contributed by atoms with Crippen LogP contribution in [0.4, 0.5) is 4.39 Å². The van der Waals surface area contributed by atoms with Crippen molar-refractivity contribution in [3.8, 4) is 0 Å². The fraction of sp³-hybridized carbons (Fsp3) is 0.375. The van der Waals surface area contributed by atoms with E-state index in [4.69, 9.17) is 0 Å². The topological polar surface area (TPSA) is 12.0 Å². The number of halogens is 2. The molecule has 0 radical (unpaired) electrons. The Balaban J connectivity index is 2.21. The molecule has 0 aliphatic heterocycles. The molecule has 0 saturated carbocycles. The van der Waals surface area contributed by atoms with Gasteiger partial charge in [0.2, 0.25) is 0 Å². The van der Waals surface area contributed by atoms with Crippen molar-refractivity contribution in [2.75, 3.05) is 6.54 Å². The maximum Gasteiger partial charge on any atom is 0.123 e. The van der Waals surface area contributed by atoms with Crippen molar-refractivity contribution in [1.29, 1.82) is 0 Å². The molecule has 0 saturated heterocycles. The molecule has 20 heavy (non-hydrogen) atoms. The zero-order chi connectivity index (χ0) is 14.5. The molecule has 1 aromatic carbocycles. The van der Waals surface area contributed by atoms with E-state index in [0.29, 0.717) is 0 Å². The van der Waals surface area contributed by atoms with Gasteiger partial charge >= 0.3 is 0 Å². The number of nitrogens with one attached hydrogen (secondary N) is 1. The highest BCUT2D eigenvalue weighted by molar-refractivity contribution is 14.1. The number of rotatable bonds is 6. The van der Waals surface area contributed by atoms with E-state index in [1.807, 2.05) is 13.0 Å². The zero-order valence-electron chi connectivity index (χ0n) is 11.7. The molecule has 1 N–H and O–H groups in total. The predicted molar refractivity (Wildman–Crippen MR) is 92.9 cm³/mol. The van der Waals surface area contributed by atoms with Gasteiger partial charge in [0, 0.05) is 6.04 Å². The van der Waals surface area contributed by atoms with E-state index in [0.717, 1.165) is 30.5 Å². The second-order valence-electron chi connectivity index (χ2n) is 4.97. The van der Waals surface area contributed by atoms with Crippen molar-refractivity contribution in [3.05, 3.63) is 55.0 Å². The highest BCUT2D eigenvalue weighted by Crippen LogP contribution is 2.26. The van der Waals surface area contributed by atoms with Crippen LogP contribution in [0.2, 0.25) is 0 Å². The van der Waals surface area contributed by atoms with Gasteiger partial charge in [-0.05, 0) is 89.2 Å². The van der Waals surface area contributed by atoms with Gasteiger partial charge in [0.15, 0.2) is 0 Å². The molecule has 0 bridgehead atoms. The van der Waals surface area contributed by atoms with E-state index < -0.39 is 0 Å². The monoisotopic (exact) mass is 403 g/mol. The summed E-state index contributed by atoms with van der Waals surface area (Å²) in [6.07, 6.45) is 1.93. The number of thiophene rings is 1. The van der Waals surface area contributed by atoms with Crippen LogP contribution in [0.15, 0.2) is 29.6 Å². The van der Waals surface area contributed by atoms with Gasteiger partial charge in [0.1, 0.15) is 5.82 Å². The van der Waals surface area contributed by atoms with Crippen LogP contribution in [0.5, 0.6) is 0 Å². The summed E-state index contributed by atoms with van der Waals surface area (Å²) in [6, 6.07) is 7.52. The van der Waals surface area contributed by atoms with Crippen LogP contribution in [0.1, 0.15) is 36.1 Å². The summed E-state index contributed by atoms with van der Waals surface area (Å²) in [5.41, 5.74) is 3.54. The Hall–Kier alpha value is -0.460. The third-order valence-electron chi connectivity index (χ3n) is 3.37. The Kier molecular flexibility index (Phi) is 5.99. The third kappa shape index (κ3) is 4.27. The number of benzene rings is 1. The summed E-state index contributed by atoms with van der Waals surface area (Å²) in [4.78, 5) is 0. The Labute approximate surface area is 137 Å². The second-order valence-corrected chi connectivity index (χ2v) is 7.77. The van der Waals surface area contributed by atoms with E-state index in [1.54, 1.807) is 17.4 Å². The fourth-order valence-corrected chi connectivity index (χ4v) is 3.64. The van der Waals surface area contributed by atoms with Gasteiger partial charge in [0.25, 0.3) is 0 Å². The summed E-state index contributed by atoms with van der Waals surface area (Å²) in [5, 5.41) is 5.77. The van der Waals surface area contributed by atoms with Gasteiger partial charge in [-0.15, -0.1) is 11.3 Å². The van der Waals surface area contributed by atoms with Gasteiger partial charge in [0.05, 0.1) is 2.88 Å². The number of aryl methyl sites for hydroxylation is 1. The fourth-order valence-electron chi connectivity index (χ4n) is 2.21. The third-order valence-corrected chi connectivity index (χ3v) is 5.17. The Bertz CT molecular complexity index is 567.